The van der Waals surface area contributed by atoms with E-state index in [-0.39, 0.29) is 12.5 Å². The molecule has 1 aliphatic heterocycles. The molecule has 0 aromatic carbocycles. The number of hydrogen-bond donors (Lipinski definition) is 2. The van der Waals surface area contributed by atoms with E-state index in [9.17, 15) is 4.79 Å². The molecule has 0 spiro atoms. The van der Waals surface area contributed by atoms with Crippen LogP contribution in [0.15, 0.2) is 4.99 Å². The average molecular weight is 323 g/mol. The Morgan fingerprint density at radius 2 is 1.83 bits per heavy atom. The van der Waals surface area contributed by atoms with E-state index >= 15 is 0 Å². The Bertz CT molecular complexity index is 384. The van der Waals surface area contributed by atoms with Crippen molar-refractivity contribution in [2.45, 2.75) is 51.0 Å². The Balaban J connectivity index is 1.79. The highest BCUT2D eigenvalue weighted by molar-refractivity contribution is 5.84. The van der Waals surface area contributed by atoms with Crippen molar-refractivity contribution in [2.24, 2.45) is 4.99 Å². The summed E-state index contributed by atoms with van der Waals surface area (Å²) in [5, 5.41) is 6.91. The van der Waals surface area contributed by atoms with Gasteiger partial charge in [0.05, 0.1) is 0 Å². The van der Waals surface area contributed by atoms with E-state index in [0.29, 0.717) is 6.04 Å². The Kier molecular flexibility index (Phi) is 7.65. The normalized spacial score (nSPS) is 20.5. The van der Waals surface area contributed by atoms with Crippen molar-refractivity contribution in [3.8, 4) is 0 Å². The lowest BCUT2D eigenvalue weighted by Crippen LogP contribution is -2.46. The average Bonchev–Trinajstić information content (AvgIpc) is 3.06. The van der Waals surface area contributed by atoms with Crippen LogP contribution in [0.4, 0.5) is 0 Å². The first-order chi connectivity index (χ1) is 11.1. The van der Waals surface area contributed by atoms with Crippen LogP contribution in [-0.2, 0) is 4.79 Å². The van der Waals surface area contributed by atoms with Gasteiger partial charge < -0.3 is 20.4 Å². The van der Waals surface area contributed by atoms with Gasteiger partial charge in [0, 0.05) is 33.2 Å². The summed E-state index contributed by atoms with van der Waals surface area (Å²) >= 11 is 0. The van der Waals surface area contributed by atoms with Crippen molar-refractivity contribution in [3.63, 3.8) is 0 Å². The number of hydrogen-bond acceptors (Lipinski definition) is 3. The van der Waals surface area contributed by atoms with Gasteiger partial charge in [-0.2, -0.15) is 0 Å². The van der Waals surface area contributed by atoms with Gasteiger partial charge in [-0.3, -0.25) is 4.79 Å². The molecule has 1 heterocycles. The van der Waals surface area contributed by atoms with Crippen LogP contribution in [0.25, 0.3) is 0 Å². The van der Waals surface area contributed by atoms with Gasteiger partial charge in [-0.1, -0.05) is 19.3 Å². The lowest BCUT2D eigenvalue weighted by atomic mass is 10.1. The first-order valence-electron chi connectivity index (χ1n) is 9.12. The summed E-state index contributed by atoms with van der Waals surface area (Å²) in [5.41, 5.74) is 0. The van der Waals surface area contributed by atoms with E-state index in [4.69, 9.17) is 0 Å². The number of piperidine rings is 1. The van der Waals surface area contributed by atoms with Crippen LogP contribution in [0.3, 0.4) is 0 Å². The molecule has 0 aromatic heterocycles. The van der Waals surface area contributed by atoms with Gasteiger partial charge in [0.1, 0.15) is 6.54 Å². The fraction of sp³-hybridized carbons (Fsp3) is 0.882. The zero-order valence-corrected chi connectivity index (χ0v) is 14.8. The second kappa shape index (κ2) is 9.75. The van der Waals surface area contributed by atoms with Crippen LogP contribution in [0.1, 0.15) is 44.9 Å². The first kappa shape index (κ1) is 18.0. The molecule has 0 atom stereocenters. The summed E-state index contributed by atoms with van der Waals surface area (Å²) in [7, 11) is 3.54. The SMILES string of the molecule is CN(C)C(=O)CN=C(NCCN1CCCCC1)NC1CCCC1. The molecule has 0 unspecified atom stereocenters. The monoisotopic (exact) mass is 323 g/mol. The van der Waals surface area contributed by atoms with Crippen molar-refractivity contribution in [2.75, 3.05) is 46.8 Å². The predicted molar refractivity (Wildman–Crippen MR) is 94.7 cm³/mol. The van der Waals surface area contributed by atoms with E-state index in [0.717, 1.165) is 19.0 Å². The number of guanidine groups is 1. The van der Waals surface area contributed by atoms with Crippen LogP contribution < -0.4 is 10.6 Å². The number of aliphatic imine (C=N–C) groups is 1. The third-order valence-electron chi connectivity index (χ3n) is 4.74. The summed E-state index contributed by atoms with van der Waals surface area (Å²) in [4.78, 5) is 20.3. The highest BCUT2D eigenvalue weighted by Gasteiger charge is 2.17. The van der Waals surface area contributed by atoms with Crippen molar-refractivity contribution >= 4 is 11.9 Å². The molecule has 1 saturated heterocycles. The highest BCUT2D eigenvalue weighted by atomic mass is 16.2. The molecular formula is C17H33N5O. The summed E-state index contributed by atoms with van der Waals surface area (Å²) < 4.78 is 0. The lowest BCUT2D eigenvalue weighted by Gasteiger charge is -2.27. The molecule has 1 amide bonds. The minimum atomic E-state index is 0.0357. The van der Waals surface area contributed by atoms with Gasteiger partial charge in [-0.15, -0.1) is 0 Å². The van der Waals surface area contributed by atoms with Crippen molar-refractivity contribution in [1.29, 1.82) is 0 Å². The molecule has 132 valence electrons. The zero-order chi connectivity index (χ0) is 16.5. The highest BCUT2D eigenvalue weighted by Crippen LogP contribution is 2.17. The van der Waals surface area contributed by atoms with Crippen LogP contribution in [0, 0.1) is 0 Å². The van der Waals surface area contributed by atoms with E-state index in [2.05, 4.69) is 20.5 Å². The number of rotatable bonds is 6. The molecule has 2 aliphatic rings. The zero-order valence-electron chi connectivity index (χ0n) is 14.8. The number of carbonyl (C=O) groups excluding carboxylic acids is 1. The number of nitrogens with zero attached hydrogens (tertiary/aromatic N) is 3. The fourth-order valence-electron chi connectivity index (χ4n) is 3.22. The van der Waals surface area contributed by atoms with Gasteiger partial charge in [0.2, 0.25) is 5.91 Å². The van der Waals surface area contributed by atoms with E-state index in [1.54, 1.807) is 19.0 Å². The lowest BCUT2D eigenvalue weighted by molar-refractivity contribution is -0.127. The van der Waals surface area contributed by atoms with Crippen LogP contribution >= 0.6 is 0 Å². The van der Waals surface area contributed by atoms with Gasteiger partial charge >= 0.3 is 0 Å². The topological polar surface area (TPSA) is 60.0 Å². The maximum atomic E-state index is 11.8. The van der Waals surface area contributed by atoms with Gasteiger partial charge in [0.25, 0.3) is 0 Å². The number of amides is 1. The Hall–Kier alpha value is -1.30. The molecule has 0 aromatic rings. The molecule has 0 bridgehead atoms. The summed E-state index contributed by atoms with van der Waals surface area (Å²) in [6.07, 6.45) is 8.98. The van der Waals surface area contributed by atoms with Gasteiger partial charge in [0.15, 0.2) is 5.96 Å². The molecule has 0 radical (unpaired) electrons. The molecule has 2 rings (SSSR count). The maximum absolute atomic E-state index is 11.8. The number of carbonyl (C=O) groups is 1. The van der Waals surface area contributed by atoms with Crippen molar-refractivity contribution in [3.05, 3.63) is 0 Å². The molecule has 6 nitrogen and oxygen atoms in total. The van der Waals surface area contributed by atoms with Crippen LogP contribution in [0.5, 0.6) is 0 Å². The summed E-state index contributed by atoms with van der Waals surface area (Å²) in [6.45, 7) is 4.56. The molecule has 1 aliphatic carbocycles. The Morgan fingerprint density at radius 1 is 1.13 bits per heavy atom. The minimum Gasteiger partial charge on any atom is -0.355 e. The van der Waals surface area contributed by atoms with Gasteiger partial charge in [-0.25, -0.2) is 4.99 Å². The van der Waals surface area contributed by atoms with E-state index in [1.165, 1.54) is 58.0 Å². The number of nitrogens with one attached hydrogen (secondary N) is 2. The molecule has 1 saturated carbocycles. The van der Waals surface area contributed by atoms with Gasteiger partial charge in [-0.05, 0) is 38.8 Å². The second-order valence-electron chi connectivity index (χ2n) is 6.91. The Labute approximate surface area is 140 Å². The predicted octanol–water partition coefficient (Wildman–Crippen LogP) is 1.04. The first-order valence-corrected chi connectivity index (χ1v) is 9.12. The molecule has 6 heteroatoms. The third kappa shape index (κ3) is 6.77. The molecule has 2 fully saturated rings. The quantitative estimate of drug-likeness (QED) is 0.566. The van der Waals surface area contributed by atoms with Crippen molar-refractivity contribution in [1.82, 2.24) is 20.4 Å². The van der Waals surface area contributed by atoms with Crippen molar-refractivity contribution < 1.29 is 4.79 Å². The largest absolute Gasteiger partial charge is 0.355 e. The number of likely N-dealkylation sites (tertiary alicyclic amines) is 1. The number of likely N-dealkylation sites (N-methyl/N-ethyl adjacent to an activating group) is 1. The van der Waals surface area contributed by atoms with E-state index < -0.39 is 0 Å². The molecule has 2 N–H and O–H groups in total. The van der Waals surface area contributed by atoms with Crippen LogP contribution in [-0.4, -0.2) is 74.5 Å². The second-order valence-corrected chi connectivity index (χ2v) is 6.91. The Morgan fingerprint density at radius 3 is 2.48 bits per heavy atom. The molecular weight excluding hydrogens is 290 g/mol. The maximum Gasteiger partial charge on any atom is 0.243 e. The summed E-state index contributed by atoms with van der Waals surface area (Å²) in [5.74, 6) is 0.831. The fourth-order valence-corrected chi connectivity index (χ4v) is 3.22. The molecule has 23 heavy (non-hydrogen) atoms. The standard InChI is InChI=1S/C17H33N5O/c1-21(2)16(23)14-19-17(20-15-8-4-5-9-15)18-10-13-22-11-6-3-7-12-22/h15H,3-14H2,1-2H3,(H2,18,19,20). The third-order valence-corrected chi connectivity index (χ3v) is 4.74. The van der Waals surface area contributed by atoms with Crippen LogP contribution in [0.2, 0.25) is 0 Å². The summed E-state index contributed by atoms with van der Waals surface area (Å²) in [6, 6.07) is 0.505. The van der Waals surface area contributed by atoms with E-state index in [1.807, 2.05) is 0 Å². The smallest absolute Gasteiger partial charge is 0.243 e. The minimum absolute atomic E-state index is 0.0357.